The van der Waals surface area contributed by atoms with Crippen molar-refractivity contribution in [1.82, 2.24) is 15.1 Å². The molecule has 7 nitrogen and oxygen atoms in total. The molecule has 1 aliphatic rings. The summed E-state index contributed by atoms with van der Waals surface area (Å²) >= 11 is 0. The lowest BCUT2D eigenvalue weighted by Crippen LogP contribution is -2.60. The number of amides is 3. The van der Waals surface area contributed by atoms with Crippen LogP contribution in [-0.2, 0) is 14.4 Å². The molecular formula is C17H24N4O3. The molecule has 0 spiro atoms. The van der Waals surface area contributed by atoms with E-state index in [1.165, 1.54) is 4.90 Å². The van der Waals surface area contributed by atoms with Crippen LogP contribution in [0.2, 0.25) is 0 Å². The average Bonchev–Trinajstić information content (AvgIpc) is 2.57. The first-order valence-electron chi connectivity index (χ1n) is 8.05. The minimum atomic E-state index is -0.584. The van der Waals surface area contributed by atoms with Crippen LogP contribution in [0.4, 0.5) is 0 Å². The standard InChI is InChI=1S/C17H24N4O3/c1-12(14-6-4-3-5-7-14)19-10-16(23)21-9-8-20(11-15(18)22)17(24)13(21)2/h3-7,12-13,19H,8-11H2,1-2H3,(H2,18,22)/t12-,13+/m1/s1. The second kappa shape index (κ2) is 7.92. The number of piperazine rings is 1. The third-order valence-electron chi connectivity index (χ3n) is 4.27. The first-order chi connectivity index (χ1) is 11.4. The topological polar surface area (TPSA) is 95.7 Å². The van der Waals surface area contributed by atoms with Gasteiger partial charge in [0.05, 0.1) is 13.1 Å². The van der Waals surface area contributed by atoms with Crippen LogP contribution < -0.4 is 11.1 Å². The van der Waals surface area contributed by atoms with Crippen molar-refractivity contribution in [1.29, 1.82) is 0 Å². The summed E-state index contributed by atoms with van der Waals surface area (Å²) in [7, 11) is 0. The van der Waals surface area contributed by atoms with Gasteiger partial charge < -0.3 is 20.9 Å². The molecule has 2 atom stereocenters. The molecule has 1 aliphatic heterocycles. The molecule has 0 saturated carbocycles. The fourth-order valence-electron chi connectivity index (χ4n) is 2.82. The molecule has 3 N–H and O–H groups in total. The maximum atomic E-state index is 12.4. The minimum absolute atomic E-state index is 0.0392. The van der Waals surface area contributed by atoms with Gasteiger partial charge in [-0.1, -0.05) is 30.3 Å². The number of nitrogens with zero attached hydrogens (tertiary/aromatic N) is 2. The highest BCUT2D eigenvalue weighted by Crippen LogP contribution is 2.13. The summed E-state index contributed by atoms with van der Waals surface area (Å²) in [5.41, 5.74) is 6.24. The van der Waals surface area contributed by atoms with Crippen molar-refractivity contribution in [2.45, 2.75) is 25.9 Å². The molecule has 0 aliphatic carbocycles. The van der Waals surface area contributed by atoms with Crippen LogP contribution >= 0.6 is 0 Å². The van der Waals surface area contributed by atoms with Crippen LogP contribution in [0, 0.1) is 0 Å². The maximum Gasteiger partial charge on any atom is 0.245 e. The predicted octanol–water partition coefficient (Wildman–Crippen LogP) is -0.118. The summed E-state index contributed by atoms with van der Waals surface area (Å²) in [5.74, 6) is -0.921. The zero-order valence-corrected chi connectivity index (χ0v) is 14.1. The highest BCUT2D eigenvalue weighted by atomic mass is 16.2. The normalized spacial score (nSPS) is 19.2. The predicted molar refractivity (Wildman–Crippen MR) is 89.8 cm³/mol. The van der Waals surface area contributed by atoms with E-state index in [-0.39, 0.29) is 30.9 Å². The molecule has 1 aromatic rings. The van der Waals surface area contributed by atoms with Gasteiger partial charge in [0.2, 0.25) is 17.7 Å². The number of hydrogen-bond acceptors (Lipinski definition) is 4. The Hall–Kier alpha value is -2.41. The van der Waals surface area contributed by atoms with Crippen molar-refractivity contribution in [3.05, 3.63) is 35.9 Å². The monoisotopic (exact) mass is 332 g/mol. The third kappa shape index (κ3) is 4.32. The maximum absolute atomic E-state index is 12.4. The lowest BCUT2D eigenvalue weighted by atomic mass is 10.1. The minimum Gasteiger partial charge on any atom is -0.368 e. The van der Waals surface area contributed by atoms with Crippen molar-refractivity contribution in [2.75, 3.05) is 26.2 Å². The second-order valence-corrected chi connectivity index (χ2v) is 6.00. The van der Waals surface area contributed by atoms with Gasteiger partial charge in [-0.05, 0) is 19.4 Å². The molecule has 1 fully saturated rings. The van der Waals surface area contributed by atoms with E-state index in [1.54, 1.807) is 11.8 Å². The van der Waals surface area contributed by atoms with Crippen molar-refractivity contribution in [2.24, 2.45) is 5.73 Å². The van der Waals surface area contributed by atoms with Crippen molar-refractivity contribution < 1.29 is 14.4 Å². The summed E-state index contributed by atoms with van der Waals surface area (Å²) < 4.78 is 0. The Morgan fingerprint density at radius 1 is 1.29 bits per heavy atom. The lowest BCUT2D eigenvalue weighted by Gasteiger charge is -2.38. The van der Waals surface area contributed by atoms with Gasteiger partial charge in [-0.2, -0.15) is 0 Å². The van der Waals surface area contributed by atoms with Crippen LogP contribution in [0.15, 0.2) is 30.3 Å². The molecule has 0 unspecified atom stereocenters. The number of carbonyl (C=O) groups is 3. The van der Waals surface area contributed by atoms with Crippen LogP contribution in [0.5, 0.6) is 0 Å². The van der Waals surface area contributed by atoms with Crippen LogP contribution in [0.3, 0.4) is 0 Å². The zero-order valence-electron chi connectivity index (χ0n) is 14.1. The summed E-state index contributed by atoms with van der Waals surface area (Å²) in [6.07, 6.45) is 0. The van der Waals surface area contributed by atoms with E-state index in [2.05, 4.69) is 5.32 Å². The first-order valence-corrected chi connectivity index (χ1v) is 8.05. The molecule has 1 aromatic carbocycles. The van der Waals surface area contributed by atoms with E-state index in [4.69, 9.17) is 5.73 Å². The van der Waals surface area contributed by atoms with E-state index in [0.29, 0.717) is 13.1 Å². The molecule has 1 saturated heterocycles. The number of benzene rings is 1. The summed E-state index contributed by atoms with van der Waals surface area (Å²) in [6.45, 7) is 4.44. The smallest absolute Gasteiger partial charge is 0.245 e. The molecule has 2 rings (SSSR count). The molecule has 0 aromatic heterocycles. The van der Waals surface area contributed by atoms with Crippen molar-refractivity contribution in [3.63, 3.8) is 0 Å². The quantitative estimate of drug-likeness (QED) is 0.759. The summed E-state index contributed by atoms with van der Waals surface area (Å²) in [4.78, 5) is 38.6. The fraction of sp³-hybridized carbons (Fsp3) is 0.471. The summed E-state index contributed by atoms with van der Waals surface area (Å²) in [5, 5.41) is 3.18. The number of nitrogens with one attached hydrogen (secondary N) is 1. The van der Waals surface area contributed by atoms with Crippen molar-refractivity contribution in [3.8, 4) is 0 Å². The molecular weight excluding hydrogens is 308 g/mol. The lowest BCUT2D eigenvalue weighted by molar-refractivity contribution is -0.151. The van der Waals surface area contributed by atoms with E-state index in [1.807, 2.05) is 37.3 Å². The largest absolute Gasteiger partial charge is 0.368 e. The van der Waals surface area contributed by atoms with E-state index in [0.717, 1.165) is 5.56 Å². The van der Waals surface area contributed by atoms with Gasteiger partial charge in [0.25, 0.3) is 0 Å². The Morgan fingerprint density at radius 3 is 2.58 bits per heavy atom. The van der Waals surface area contributed by atoms with Gasteiger partial charge in [0.1, 0.15) is 6.04 Å². The zero-order chi connectivity index (χ0) is 17.7. The van der Waals surface area contributed by atoms with Crippen molar-refractivity contribution >= 4 is 17.7 Å². The van der Waals surface area contributed by atoms with Gasteiger partial charge in [-0.15, -0.1) is 0 Å². The molecule has 3 amide bonds. The Balaban J connectivity index is 1.89. The second-order valence-electron chi connectivity index (χ2n) is 6.00. The average molecular weight is 332 g/mol. The third-order valence-corrected chi connectivity index (χ3v) is 4.27. The van der Waals surface area contributed by atoms with E-state index in [9.17, 15) is 14.4 Å². The Bertz CT molecular complexity index is 605. The van der Waals surface area contributed by atoms with Crippen LogP contribution in [0.25, 0.3) is 0 Å². The van der Waals surface area contributed by atoms with Gasteiger partial charge >= 0.3 is 0 Å². The number of hydrogen-bond donors (Lipinski definition) is 2. The number of rotatable bonds is 6. The van der Waals surface area contributed by atoms with Gasteiger partial charge in [-0.25, -0.2) is 0 Å². The summed E-state index contributed by atoms with van der Waals surface area (Å²) in [6, 6.07) is 9.30. The molecule has 1 heterocycles. The highest BCUT2D eigenvalue weighted by Gasteiger charge is 2.34. The van der Waals surface area contributed by atoms with Crippen LogP contribution in [-0.4, -0.2) is 59.7 Å². The van der Waals surface area contributed by atoms with Gasteiger partial charge in [-0.3, -0.25) is 14.4 Å². The Kier molecular flexibility index (Phi) is 5.92. The first kappa shape index (κ1) is 17.9. The number of carbonyl (C=O) groups excluding carboxylic acids is 3. The van der Waals surface area contributed by atoms with Gasteiger partial charge in [0.15, 0.2) is 0 Å². The fourth-order valence-corrected chi connectivity index (χ4v) is 2.82. The molecule has 0 radical (unpaired) electrons. The Morgan fingerprint density at radius 2 is 1.96 bits per heavy atom. The number of primary amides is 1. The SMILES string of the molecule is C[C@@H](NCC(=O)N1CCN(CC(N)=O)C(=O)[C@@H]1C)c1ccccc1. The highest BCUT2D eigenvalue weighted by molar-refractivity contribution is 5.91. The Labute approximate surface area is 141 Å². The number of nitrogens with two attached hydrogens (primary N) is 1. The van der Waals surface area contributed by atoms with Gasteiger partial charge in [0, 0.05) is 19.1 Å². The molecule has 0 bridgehead atoms. The molecule has 24 heavy (non-hydrogen) atoms. The van der Waals surface area contributed by atoms with Crippen LogP contribution in [0.1, 0.15) is 25.5 Å². The van der Waals surface area contributed by atoms with E-state index < -0.39 is 11.9 Å². The molecule has 7 heteroatoms. The van der Waals surface area contributed by atoms with E-state index >= 15 is 0 Å². The molecule has 130 valence electrons.